The van der Waals surface area contributed by atoms with Crippen LogP contribution in [0.1, 0.15) is 20.3 Å². The average molecular weight is 230 g/mol. The van der Waals surface area contributed by atoms with Gasteiger partial charge in [-0.3, -0.25) is 4.79 Å². The van der Waals surface area contributed by atoms with Crippen molar-refractivity contribution in [3.05, 3.63) is 13.8 Å². The molecule has 0 fully saturated rings. The van der Waals surface area contributed by atoms with Crippen LogP contribution in [0.25, 0.3) is 0 Å². The number of rotatable bonds is 3. The minimum atomic E-state index is 0. The summed E-state index contributed by atoms with van der Waals surface area (Å²) in [6.45, 7) is 11.6. The summed E-state index contributed by atoms with van der Waals surface area (Å²) in [7, 11) is 0. The summed E-state index contributed by atoms with van der Waals surface area (Å²) in [6.07, 6.45) is 0.327. The summed E-state index contributed by atoms with van der Waals surface area (Å²) in [5.74, 6) is 0.0741. The van der Waals surface area contributed by atoms with Gasteiger partial charge in [-0.2, -0.15) is 0 Å². The van der Waals surface area contributed by atoms with E-state index in [-0.39, 0.29) is 44.7 Å². The maximum atomic E-state index is 11.0. The number of amides is 1. The second-order valence-electron chi connectivity index (χ2n) is 2.43. The second-order valence-corrected chi connectivity index (χ2v) is 2.43. The summed E-state index contributed by atoms with van der Waals surface area (Å²) in [4.78, 5) is 12.7. The zero-order valence-electron chi connectivity index (χ0n) is 7.34. The van der Waals surface area contributed by atoms with Crippen LogP contribution in [0.2, 0.25) is 0 Å². The fraction of sp³-hybridized carbons (Fsp3) is 0.625. The number of nitrogens with zero attached hydrogens (tertiary/aromatic N) is 1. The van der Waals surface area contributed by atoms with E-state index in [4.69, 9.17) is 0 Å². The molecular formula is C8H15NOY-2. The molecule has 0 atom stereocenters. The van der Waals surface area contributed by atoms with Gasteiger partial charge in [0, 0.05) is 38.8 Å². The zero-order chi connectivity index (χ0) is 8.15. The smallest absolute Gasteiger partial charge is 0.190 e. The van der Waals surface area contributed by atoms with Crippen LogP contribution in [-0.4, -0.2) is 23.4 Å². The minimum Gasteiger partial charge on any atom is -0.373 e. The molecule has 63 valence electrons. The quantitative estimate of drug-likeness (QED) is 0.669. The van der Waals surface area contributed by atoms with Crippen LogP contribution in [0.3, 0.4) is 0 Å². The summed E-state index contributed by atoms with van der Waals surface area (Å²) < 4.78 is 0. The first-order valence-corrected chi connectivity index (χ1v) is 3.51. The summed E-state index contributed by atoms with van der Waals surface area (Å²) in [6, 6.07) is 0.242. The van der Waals surface area contributed by atoms with Gasteiger partial charge in [0.15, 0.2) is 5.91 Å². The van der Waals surface area contributed by atoms with Crippen molar-refractivity contribution in [2.75, 3.05) is 6.54 Å². The Balaban J connectivity index is 0. The van der Waals surface area contributed by atoms with Crippen molar-refractivity contribution in [1.82, 2.24) is 4.90 Å². The van der Waals surface area contributed by atoms with Gasteiger partial charge in [-0.15, -0.1) is 13.0 Å². The molecule has 0 saturated carbocycles. The zero-order valence-corrected chi connectivity index (χ0v) is 10.2. The van der Waals surface area contributed by atoms with Crippen molar-refractivity contribution in [2.24, 2.45) is 0 Å². The predicted octanol–water partition coefficient (Wildman–Crippen LogP) is 1.28. The van der Waals surface area contributed by atoms with Gasteiger partial charge in [-0.25, -0.2) is 0 Å². The Bertz CT molecular complexity index is 115. The number of hydrogen-bond donors (Lipinski definition) is 0. The van der Waals surface area contributed by atoms with E-state index in [0.29, 0.717) is 13.0 Å². The first kappa shape index (κ1) is 14.1. The maximum absolute atomic E-state index is 11.0. The minimum absolute atomic E-state index is 0. The topological polar surface area (TPSA) is 20.3 Å². The Hall–Kier alpha value is 0.574. The number of carbonyl (C=O) groups is 1. The molecule has 1 amide bonds. The van der Waals surface area contributed by atoms with Crippen LogP contribution < -0.4 is 0 Å². The molecule has 0 aromatic rings. The average Bonchev–Trinajstić information content (AvgIpc) is 1.88. The molecule has 0 N–H and O–H groups in total. The van der Waals surface area contributed by atoms with Crippen LogP contribution in [0, 0.1) is 13.8 Å². The van der Waals surface area contributed by atoms with E-state index in [1.165, 1.54) is 0 Å². The summed E-state index contributed by atoms with van der Waals surface area (Å²) in [5, 5.41) is 0. The van der Waals surface area contributed by atoms with Gasteiger partial charge >= 0.3 is 0 Å². The van der Waals surface area contributed by atoms with Gasteiger partial charge in [0.05, 0.1) is 0 Å². The molecular weight excluding hydrogens is 215 g/mol. The summed E-state index contributed by atoms with van der Waals surface area (Å²) >= 11 is 0. The first-order valence-electron chi connectivity index (χ1n) is 3.51. The van der Waals surface area contributed by atoms with E-state index >= 15 is 0 Å². The Morgan fingerprint density at radius 3 is 2.00 bits per heavy atom. The molecule has 0 heterocycles. The summed E-state index contributed by atoms with van der Waals surface area (Å²) in [5.41, 5.74) is 0. The van der Waals surface area contributed by atoms with E-state index in [9.17, 15) is 4.79 Å². The molecule has 0 bridgehead atoms. The molecule has 0 rings (SSSR count). The van der Waals surface area contributed by atoms with Crippen LogP contribution in [0.15, 0.2) is 0 Å². The normalized spacial score (nSPS) is 9.18. The molecule has 0 saturated heterocycles. The van der Waals surface area contributed by atoms with Gasteiger partial charge in [0.2, 0.25) is 0 Å². The number of carbonyl (C=O) groups excluding carboxylic acids is 1. The van der Waals surface area contributed by atoms with E-state index in [0.717, 1.165) is 0 Å². The van der Waals surface area contributed by atoms with Crippen molar-refractivity contribution in [3.63, 3.8) is 0 Å². The van der Waals surface area contributed by atoms with Crippen molar-refractivity contribution < 1.29 is 37.5 Å². The van der Waals surface area contributed by atoms with Crippen LogP contribution in [0.4, 0.5) is 0 Å². The second kappa shape index (κ2) is 7.24. The van der Waals surface area contributed by atoms with Gasteiger partial charge in [0.25, 0.3) is 0 Å². The SMILES string of the molecule is [CH2-]CC(=O)N(C[CH2-])C(C)C.[Y]. The van der Waals surface area contributed by atoms with Crippen molar-refractivity contribution in [3.8, 4) is 0 Å². The third kappa shape index (κ3) is 4.92. The van der Waals surface area contributed by atoms with Crippen LogP contribution in [-0.2, 0) is 37.5 Å². The van der Waals surface area contributed by atoms with E-state index < -0.39 is 0 Å². The largest absolute Gasteiger partial charge is 0.373 e. The number of hydrogen-bond acceptors (Lipinski definition) is 1. The van der Waals surface area contributed by atoms with E-state index in [1.807, 2.05) is 13.8 Å². The third-order valence-electron chi connectivity index (χ3n) is 1.40. The molecule has 0 spiro atoms. The third-order valence-corrected chi connectivity index (χ3v) is 1.40. The Labute approximate surface area is 94.6 Å². The predicted molar refractivity (Wildman–Crippen MR) is 42.2 cm³/mol. The molecule has 3 heteroatoms. The van der Waals surface area contributed by atoms with Crippen molar-refractivity contribution in [2.45, 2.75) is 26.3 Å². The monoisotopic (exact) mass is 230 g/mol. The maximum Gasteiger partial charge on any atom is 0.190 e. The molecule has 0 aliphatic heterocycles. The molecule has 2 nitrogen and oxygen atoms in total. The Morgan fingerprint density at radius 2 is 1.91 bits per heavy atom. The molecule has 11 heavy (non-hydrogen) atoms. The van der Waals surface area contributed by atoms with Crippen LogP contribution >= 0.6 is 0 Å². The van der Waals surface area contributed by atoms with Gasteiger partial charge in [0.1, 0.15) is 0 Å². The van der Waals surface area contributed by atoms with E-state index in [2.05, 4.69) is 13.8 Å². The van der Waals surface area contributed by atoms with Gasteiger partial charge < -0.3 is 18.7 Å². The molecule has 0 aliphatic rings. The molecule has 0 aromatic heterocycles. The fourth-order valence-corrected chi connectivity index (χ4v) is 0.814. The molecule has 0 unspecified atom stereocenters. The fourth-order valence-electron chi connectivity index (χ4n) is 0.814. The van der Waals surface area contributed by atoms with Gasteiger partial charge in [-0.05, 0) is 13.8 Å². The van der Waals surface area contributed by atoms with Crippen LogP contribution in [0.5, 0.6) is 0 Å². The van der Waals surface area contributed by atoms with Crippen molar-refractivity contribution in [1.29, 1.82) is 0 Å². The Kier molecular flexibility index (Phi) is 9.29. The van der Waals surface area contributed by atoms with E-state index in [1.54, 1.807) is 4.90 Å². The molecule has 0 aromatic carbocycles. The standard InChI is InChI=1S/C8H15NO.Y/c1-5-8(10)9(6-2)7(3)4;/h7H,1-2,5-6H2,3-4H3;/q-2;. The molecule has 0 aliphatic carbocycles. The molecule has 1 radical (unpaired) electrons. The first-order chi connectivity index (χ1) is 4.63. The van der Waals surface area contributed by atoms with Gasteiger partial charge in [-0.1, -0.05) is 0 Å². The van der Waals surface area contributed by atoms with Crippen molar-refractivity contribution >= 4 is 5.91 Å². The Morgan fingerprint density at radius 1 is 1.45 bits per heavy atom.